The number of carbonyl (C=O) groups is 1. The molecular formula is C13H7F2N3O. The number of nitriles is 1. The van der Waals surface area contributed by atoms with E-state index in [1.165, 1.54) is 18.3 Å². The summed E-state index contributed by atoms with van der Waals surface area (Å²) in [7, 11) is 0. The van der Waals surface area contributed by atoms with E-state index in [1.54, 1.807) is 0 Å². The third-order valence-electron chi connectivity index (χ3n) is 2.30. The standard InChI is InChI=1S/C13H7F2N3O/c14-9-1-2-10(15)11(6-9)18-13(19)12-5-8(7-16)3-4-17-12/h1-6H,(H,18,19). The number of nitrogens with one attached hydrogen (secondary N) is 1. The van der Waals surface area contributed by atoms with Crippen LogP contribution in [0.1, 0.15) is 16.1 Å². The molecule has 0 saturated heterocycles. The number of anilines is 1. The zero-order valence-electron chi connectivity index (χ0n) is 9.52. The fourth-order valence-electron chi connectivity index (χ4n) is 1.40. The molecule has 0 atom stereocenters. The molecule has 6 heteroatoms. The lowest BCUT2D eigenvalue weighted by Crippen LogP contribution is -2.14. The van der Waals surface area contributed by atoms with Crippen LogP contribution in [0.2, 0.25) is 0 Å². The highest BCUT2D eigenvalue weighted by Gasteiger charge is 2.11. The van der Waals surface area contributed by atoms with Crippen molar-refractivity contribution in [1.82, 2.24) is 4.98 Å². The fraction of sp³-hybridized carbons (Fsp3) is 0. The molecule has 1 amide bonds. The van der Waals surface area contributed by atoms with Crippen LogP contribution < -0.4 is 5.32 Å². The highest BCUT2D eigenvalue weighted by molar-refractivity contribution is 6.03. The Hall–Kier alpha value is -2.81. The van der Waals surface area contributed by atoms with Crippen LogP contribution in [0.3, 0.4) is 0 Å². The summed E-state index contributed by atoms with van der Waals surface area (Å²) in [5.74, 6) is -2.15. The Labute approximate surface area is 107 Å². The van der Waals surface area contributed by atoms with Gasteiger partial charge in [0.05, 0.1) is 17.3 Å². The second kappa shape index (κ2) is 5.23. The van der Waals surface area contributed by atoms with Crippen LogP contribution in [0.15, 0.2) is 36.5 Å². The molecule has 0 aliphatic carbocycles. The minimum Gasteiger partial charge on any atom is -0.318 e. The third kappa shape index (κ3) is 2.90. The van der Waals surface area contributed by atoms with E-state index in [4.69, 9.17) is 5.26 Å². The molecule has 1 heterocycles. The van der Waals surface area contributed by atoms with Crippen molar-refractivity contribution in [2.45, 2.75) is 0 Å². The van der Waals surface area contributed by atoms with Crippen molar-refractivity contribution in [3.8, 4) is 6.07 Å². The van der Waals surface area contributed by atoms with Gasteiger partial charge in [0.1, 0.15) is 17.3 Å². The number of amides is 1. The molecule has 2 aromatic rings. The Kier molecular flexibility index (Phi) is 3.48. The van der Waals surface area contributed by atoms with E-state index in [0.717, 1.165) is 18.2 Å². The Morgan fingerprint density at radius 1 is 1.26 bits per heavy atom. The molecule has 94 valence electrons. The molecule has 0 unspecified atom stereocenters. The molecule has 1 aromatic heterocycles. The van der Waals surface area contributed by atoms with Gasteiger partial charge >= 0.3 is 0 Å². The highest BCUT2D eigenvalue weighted by Crippen LogP contribution is 2.16. The molecule has 0 aliphatic heterocycles. The summed E-state index contributed by atoms with van der Waals surface area (Å²) in [5.41, 5.74) is -0.0864. The highest BCUT2D eigenvalue weighted by atomic mass is 19.1. The molecule has 0 bridgehead atoms. The molecule has 1 N–H and O–H groups in total. The first-order valence-corrected chi connectivity index (χ1v) is 5.22. The maximum absolute atomic E-state index is 13.3. The maximum atomic E-state index is 13.3. The van der Waals surface area contributed by atoms with Gasteiger partial charge in [-0.05, 0) is 24.3 Å². The summed E-state index contributed by atoms with van der Waals surface area (Å²) in [6.07, 6.45) is 1.29. The van der Waals surface area contributed by atoms with Gasteiger partial charge in [0, 0.05) is 12.3 Å². The maximum Gasteiger partial charge on any atom is 0.274 e. The minimum absolute atomic E-state index is 0.0530. The van der Waals surface area contributed by atoms with E-state index in [1.807, 2.05) is 6.07 Å². The van der Waals surface area contributed by atoms with E-state index in [0.29, 0.717) is 0 Å². The van der Waals surface area contributed by atoms with Crippen molar-refractivity contribution >= 4 is 11.6 Å². The van der Waals surface area contributed by atoms with Crippen LogP contribution in [0.25, 0.3) is 0 Å². The van der Waals surface area contributed by atoms with Gasteiger partial charge in [-0.1, -0.05) is 0 Å². The first kappa shape index (κ1) is 12.6. The van der Waals surface area contributed by atoms with Crippen LogP contribution in [0.5, 0.6) is 0 Å². The van der Waals surface area contributed by atoms with E-state index in [2.05, 4.69) is 10.3 Å². The van der Waals surface area contributed by atoms with Gasteiger partial charge < -0.3 is 5.32 Å². The molecule has 0 radical (unpaired) electrons. The first-order valence-electron chi connectivity index (χ1n) is 5.22. The molecule has 0 spiro atoms. The largest absolute Gasteiger partial charge is 0.318 e. The van der Waals surface area contributed by atoms with Crippen molar-refractivity contribution in [3.05, 3.63) is 59.4 Å². The van der Waals surface area contributed by atoms with Gasteiger partial charge in [0.25, 0.3) is 5.91 Å². The average molecular weight is 259 g/mol. The average Bonchev–Trinajstić information content (AvgIpc) is 2.43. The summed E-state index contributed by atoms with van der Waals surface area (Å²) >= 11 is 0. The number of hydrogen-bond acceptors (Lipinski definition) is 3. The predicted molar refractivity (Wildman–Crippen MR) is 63.3 cm³/mol. The van der Waals surface area contributed by atoms with Gasteiger partial charge in [-0.25, -0.2) is 8.78 Å². The molecule has 2 rings (SSSR count). The molecular weight excluding hydrogens is 252 g/mol. The minimum atomic E-state index is -0.758. The molecule has 4 nitrogen and oxygen atoms in total. The second-order valence-corrected chi connectivity index (χ2v) is 3.62. The van der Waals surface area contributed by atoms with Gasteiger partial charge in [0.2, 0.25) is 0 Å². The lowest BCUT2D eigenvalue weighted by atomic mass is 10.2. The summed E-state index contributed by atoms with van der Waals surface area (Å²) in [5, 5.41) is 10.9. The first-order chi connectivity index (χ1) is 9.10. The van der Waals surface area contributed by atoms with E-state index < -0.39 is 17.5 Å². The van der Waals surface area contributed by atoms with Crippen molar-refractivity contribution in [2.24, 2.45) is 0 Å². The molecule has 0 fully saturated rings. The summed E-state index contributed by atoms with van der Waals surface area (Å²) < 4.78 is 26.3. The summed E-state index contributed by atoms with van der Waals surface area (Å²) in [4.78, 5) is 15.5. The van der Waals surface area contributed by atoms with E-state index >= 15 is 0 Å². The number of aromatic nitrogens is 1. The van der Waals surface area contributed by atoms with Gasteiger partial charge in [0.15, 0.2) is 0 Å². The molecule has 19 heavy (non-hydrogen) atoms. The zero-order valence-corrected chi connectivity index (χ0v) is 9.52. The number of benzene rings is 1. The van der Waals surface area contributed by atoms with Crippen molar-refractivity contribution in [2.75, 3.05) is 5.32 Å². The SMILES string of the molecule is N#Cc1ccnc(C(=O)Nc2cc(F)ccc2F)c1. The monoisotopic (exact) mass is 259 g/mol. The normalized spacial score (nSPS) is 9.74. The number of nitrogens with zero attached hydrogens (tertiary/aromatic N) is 2. The van der Waals surface area contributed by atoms with E-state index in [-0.39, 0.29) is 16.9 Å². The zero-order chi connectivity index (χ0) is 13.8. The number of halogens is 2. The van der Waals surface area contributed by atoms with Crippen molar-refractivity contribution < 1.29 is 13.6 Å². The van der Waals surface area contributed by atoms with E-state index in [9.17, 15) is 13.6 Å². The third-order valence-corrected chi connectivity index (χ3v) is 2.30. The number of hydrogen-bond donors (Lipinski definition) is 1. The molecule has 1 aromatic carbocycles. The van der Waals surface area contributed by atoms with Gasteiger partial charge in [-0.15, -0.1) is 0 Å². The van der Waals surface area contributed by atoms with Crippen LogP contribution in [0.4, 0.5) is 14.5 Å². The van der Waals surface area contributed by atoms with Crippen molar-refractivity contribution in [1.29, 1.82) is 5.26 Å². The number of pyridine rings is 1. The van der Waals surface area contributed by atoms with Crippen LogP contribution >= 0.6 is 0 Å². The Morgan fingerprint density at radius 2 is 2.05 bits per heavy atom. The Balaban J connectivity index is 2.26. The van der Waals surface area contributed by atoms with Crippen molar-refractivity contribution in [3.63, 3.8) is 0 Å². The smallest absolute Gasteiger partial charge is 0.274 e. The fourth-order valence-corrected chi connectivity index (χ4v) is 1.40. The van der Waals surface area contributed by atoms with Crippen LogP contribution in [-0.4, -0.2) is 10.9 Å². The summed E-state index contributed by atoms with van der Waals surface area (Å²) in [6.45, 7) is 0. The van der Waals surface area contributed by atoms with Gasteiger partial charge in [-0.3, -0.25) is 9.78 Å². The lowest BCUT2D eigenvalue weighted by molar-refractivity contribution is 0.102. The second-order valence-electron chi connectivity index (χ2n) is 3.62. The Morgan fingerprint density at radius 3 is 2.79 bits per heavy atom. The predicted octanol–water partition coefficient (Wildman–Crippen LogP) is 2.48. The number of carbonyl (C=O) groups excluding carboxylic acids is 1. The lowest BCUT2D eigenvalue weighted by Gasteiger charge is -2.06. The van der Waals surface area contributed by atoms with Crippen LogP contribution in [0, 0.1) is 23.0 Å². The summed E-state index contributed by atoms with van der Waals surface area (Å²) in [6, 6.07) is 7.25. The number of rotatable bonds is 2. The Bertz CT molecular complexity index is 680. The quantitative estimate of drug-likeness (QED) is 0.901. The van der Waals surface area contributed by atoms with Crippen LogP contribution in [-0.2, 0) is 0 Å². The molecule has 0 aliphatic rings. The van der Waals surface area contributed by atoms with Gasteiger partial charge in [-0.2, -0.15) is 5.26 Å². The topological polar surface area (TPSA) is 65.8 Å². The molecule has 0 saturated carbocycles.